The molecule has 0 aliphatic rings. The van der Waals surface area contributed by atoms with E-state index in [1.165, 1.54) is 12.1 Å². The lowest BCUT2D eigenvalue weighted by Gasteiger charge is -2.05. The first-order valence-electron chi connectivity index (χ1n) is 5.35. The van der Waals surface area contributed by atoms with Crippen LogP contribution in [0, 0.1) is 5.82 Å². The highest BCUT2D eigenvalue weighted by Crippen LogP contribution is 2.24. The molecule has 0 aliphatic carbocycles. The van der Waals surface area contributed by atoms with Crippen LogP contribution >= 0.6 is 0 Å². The monoisotopic (exact) mass is 246 g/mol. The maximum absolute atomic E-state index is 13.8. The van der Waals surface area contributed by atoms with Crippen molar-refractivity contribution < 1.29 is 19.4 Å². The van der Waals surface area contributed by atoms with E-state index in [9.17, 15) is 9.18 Å². The fraction of sp³-hybridized carbons (Fsp3) is 0.0714. The van der Waals surface area contributed by atoms with Crippen molar-refractivity contribution in [1.29, 1.82) is 0 Å². The number of carboxylic acid groups (broad SMARTS) is 1. The van der Waals surface area contributed by atoms with E-state index in [-0.39, 0.29) is 12.2 Å². The van der Waals surface area contributed by atoms with Crippen molar-refractivity contribution in [3.05, 3.63) is 59.4 Å². The van der Waals surface area contributed by atoms with Crippen molar-refractivity contribution in [3.8, 4) is 11.1 Å². The Bertz CT molecular complexity index is 576. The van der Waals surface area contributed by atoms with Gasteiger partial charge in [-0.2, -0.15) is 0 Å². The third-order valence-corrected chi connectivity index (χ3v) is 2.66. The van der Waals surface area contributed by atoms with Gasteiger partial charge in [-0.1, -0.05) is 30.3 Å². The lowest BCUT2D eigenvalue weighted by atomic mass is 10.0. The molecule has 0 bridgehead atoms. The molecule has 0 fully saturated rings. The molecule has 2 N–H and O–H groups in total. The fourth-order valence-corrected chi connectivity index (χ4v) is 1.67. The number of rotatable bonds is 3. The number of halogens is 1. The molecule has 0 amide bonds. The van der Waals surface area contributed by atoms with Crippen LogP contribution in [0.1, 0.15) is 15.9 Å². The van der Waals surface area contributed by atoms with E-state index >= 15 is 0 Å². The molecule has 92 valence electrons. The van der Waals surface area contributed by atoms with Gasteiger partial charge in [0.2, 0.25) is 0 Å². The molecule has 0 aromatic heterocycles. The van der Waals surface area contributed by atoms with Crippen LogP contribution in [0.2, 0.25) is 0 Å². The van der Waals surface area contributed by atoms with Crippen LogP contribution < -0.4 is 0 Å². The van der Waals surface area contributed by atoms with Crippen LogP contribution in [0.15, 0.2) is 42.5 Å². The number of hydrogen-bond donors (Lipinski definition) is 2. The molecule has 2 aromatic rings. The maximum atomic E-state index is 13.8. The Hall–Kier alpha value is -2.20. The molecule has 0 spiro atoms. The van der Waals surface area contributed by atoms with E-state index in [2.05, 4.69) is 0 Å². The zero-order valence-electron chi connectivity index (χ0n) is 9.43. The highest BCUT2D eigenvalue weighted by molar-refractivity contribution is 5.88. The first-order chi connectivity index (χ1) is 8.61. The number of benzene rings is 2. The van der Waals surface area contributed by atoms with Gasteiger partial charge in [0.1, 0.15) is 5.82 Å². The third-order valence-electron chi connectivity index (χ3n) is 2.66. The summed E-state index contributed by atoms with van der Waals surface area (Å²) in [6.45, 7) is -0.0687. The molecule has 0 saturated carbocycles. The van der Waals surface area contributed by atoms with Crippen molar-refractivity contribution >= 4 is 5.97 Å². The molecular weight excluding hydrogens is 235 g/mol. The minimum absolute atomic E-state index is 0.0687. The Labute approximate surface area is 103 Å². The molecule has 4 heteroatoms. The highest BCUT2D eigenvalue weighted by Gasteiger charge is 2.09. The summed E-state index contributed by atoms with van der Waals surface area (Å²) in [4.78, 5) is 10.7. The third kappa shape index (κ3) is 2.38. The summed E-state index contributed by atoms with van der Waals surface area (Å²) in [5.74, 6) is -1.73. The van der Waals surface area contributed by atoms with Crippen LogP contribution in [-0.4, -0.2) is 16.2 Å². The lowest BCUT2D eigenvalue weighted by molar-refractivity contribution is 0.0696. The topological polar surface area (TPSA) is 57.5 Å². The predicted octanol–water partition coefficient (Wildman–Crippen LogP) is 2.68. The van der Waals surface area contributed by atoms with Gasteiger partial charge in [-0.25, -0.2) is 9.18 Å². The van der Waals surface area contributed by atoms with Gasteiger partial charge < -0.3 is 10.2 Å². The summed E-state index contributed by atoms with van der Waals surface area (Å²) in [6, 6.07) is 10.6. The van der Waals surface area contributed by atoms with Crippen LogP contribution in [-0.2, 0) is 6.61 Å². The molecule has 0 radical (unpaired) electrons. The largest absolute Gasteiger partial charge is 0.478 e. The van der Waals surface area contributed by atoms with E-state index in [1.807, 2.05) is 0 Å². The van der Waals surface area contributed by atoms with Crippen LogP contribution in [0.5, 0.6) is 0 Å². The lowest BCUT2D eigenvalue weighted by Crippen LogP contribution is -1.97. The molecule has 0 saturated heterocycles. The Morgan fingerprint density at radius 1 is 1.11 bits per heavy atom. The second-order valence-corrected chi connectivity index (χ2v) is 3.85. The average molecular weight is 246 g/mol. The second-order valence-electron chi connectivity index (χ2n) is 3.85. The summed E-state index contributed by atoms with van der Waals surface area (Å²) in [5.41, 5.74) is 1.63. The van der Waals surface area contributed by atoms with Gasteiger partial charge in [0.05, 0.1) is 12.2 Å². The number of carbonyl (C=O) groups is 1. The van der Waals surface area contributed by atoms with Gasteiger partial charge in [-0.05, 0) is 23.3 Å². The SMILES string of the molecule is O=C(O)c1ccc(-c2ccc(CO)cc2)c(F)c1. The normalized spacial score (nSPS) is 10.3. The highest BCUT2D eigenvalue weighted by atomic mass is 19.1. The van der Waals surface area contributed by atoms with E-state index in [0.717, 1.165) is 11.6 Å². The zero-order valence-corrected chi connectivity index (χ0v) is 9.43. The predicted molar refractivity (Wildman–Crippen MR) is 64.7 cm³/mol. The van der Waals surface area contributed by atoms with Crippen molar-refractivity contribution in [1.82, 2.24) is 0 Å². The van der Waals surface area contributed by atoms with Crippen molar-refractivity contribution in [2.75, 3.05) is 0 Å². The van der Waals surface area contributed by atoms with Crippen molar-refractivity contribution in [2.24, 2.45) is 0 Å². The summed E-state index contributed by atoms with van der Waals surface area (Å²) in [5, 5.41) is 17.7. The molecule has 0 atom stereocenters. The molecular formula is C14H11FO3. The summed E-state index contributed by atoms with van der Waals surface area (Å²) in [7, 11) is 0. The molecule has 18 heavy (non-hydrogen) atoms. The molecule has 0 unspecified atom stereocenters. The Morgan fingerprint density at radius 2 is 1.78 bits per heavy atom. The number of aromatic carboxylic acids is 1. The molecule has 0 heterocycles. The molecule has 2 rings (SSSR count). The number of carboxylic acids is 1. The van der Waals surface area contributed by atoms with E-state index in [4.69, 9.17) is 10.2 Å². The smallest absolute Gasteiger partial charge is 0.335 e. The standard InChI is InChI=1S/C14H11FO3/c15-13-7-11(14(17)18)5-6-12(13)10-3-1-9(8-16)2-4-10/h1-7,16H,8H2,(H,17,18). The first-order valence-corrected chi connectivity index (χ1v) is 5.35. The van der Waals surface area contributed by atoms with Crippen LogP contribution in [0.4, 0.5) is 4.39 Å². The second kappa shape index (κ2) is 4.98. The van der Waals surface area contributed by atoms with Crippen molar-refractivity contribution in [2.45, 2.75) is 6.61 Å². The van der Waals surface area contributed by atoms with Gasteiger partial charge in [-0.15, -0.1) is 0 Å². The number of aliphatic hydroxyl groups excluding tert-OH is 1. The summed E-state index contributed by atoms with van der Waals surface area (Å²) < 4.78 is 13.8. The molecule has 0 aliphatic heterocycles. The Balaban J connectivity index is 2.41. The maximum Gasteiger partial charge on any atom is 0.335 e. The van der Waals surface area contributed by atoms with Crippen molar-refractivity contribution in [3.63, 3.8) is 0 Å². The Morgan fingerprint density at radius 3 is 2.28 bits per heavy atom. The van der Waals surface area contributed by atoms with Gasteiger partial charge >= 0.3 is 5.97 Å². The summed E-state index contributed by atoms with van der Waals surface area (Å²) >= 11 is 0. The van der Waals surface area contributed by atoms with Crippen LogP contribution in [0.25, 0.3) is 11.1 Å². The zero-order chi connectivity index (χ0) is 13.1. The minimum atomic E-state index is -1.16. The van der Waals surface area contributed by atoms with E-state index in [1.54, 1.807) is 24.3 Å². The van der Waals surface area contributed by atoms with E-state index < -0.39 is 11.8 Å². The van der Waals surface area contributed by atoms with Crippen LogP contribution in [0.3, 0.4) is 0 Å². The van der Waals surface area contributed by atoms with Gasteiger partial charge in [0.15, 0.2) is 0 Å². The molecule has 3 nitrogen and oxygen atoms in total. The number of hydrogen-bond acceptors (Lipinski definition) is 2. The minimum Gasteiger partial charge on any atom is -0.478 e. The first kappa shape index (κ1) is 12.3. The molecule has 2 aromatic carbocycles. The van der Waals surface area contributed by atoms with Gasteiger partial charge in [0, 0.05) is 5.56 Å². The average Bonchev–Trinajstić information content (AvgIpc) is 2.38. The summed E-state index contributed by atoms with van der Waals surface area (Å²) in [6.07, 6.45) is 0. The quantitative estimate of drug-likeness (QED) is 0.875. The van der Waals surface area contributed by atoms with Gasteiger partial charge in [-0.3, -0.25) is 0 Å². The number of aliphatic hydroxyl groups is 1. The Kier molecular flexibility index (Phi) is 3.39. The fourth-order valence-electron chi connectivity index (χ4n) is 1.67. The van der Waals surface area contributed by atoms with Gasteiger partial charge in [0.25, 0.3) is 0 Å². The van der Waals surface area contributed by atoms with E-state index in [0.29, 0.717) is 11.1 Å².